The Hall–Kier alpha value is -3.48. The largest absolute Gasteiger partial charge is 0.353 e. The van der Waals surface area contributed by atoms with Gasteiger partial charge in [-0.2, -0.15) is 5.10 Å². The lowest BCUT2D eigenvalue weighted by Crippen LogP contribution is -2.32. The third-order valence-electron chi connectivity index (χ3n) is 5.97. The van der Waals surface area contributed by atoms with Gasteiger partial charge in [-0.25, -0.2) is 4.68 Å². The summed E-state index contributed by atoms with van der Waals surface area (Å²) in [6.07, 6.45) is 7.05. The van der Waals surface area contributed by atoms with Crippen LogP contribution in [0.2, 0.25) is 0 Å². The monoisotopic (exact) mass is 400 g/mol. The first-order valence-corrected chi connectivity index (χ1v) is 10.4. The molecule has 152 valence electrons. The van der Waals surface area contributed by atoms with Crippen molar-refractivity contribution in [2.75, 3.05) is 0 Å². The highest BCUT2D eigenvalue weighted by Gasteiger charge is 2.29. The Balaban J connectivity index is 1.36. The summed E-state index contributed by atoms with van der Waals surface area (Å²) in [7, 11) is 0. The molecule has 0 aliphatic heterocycles. The molecule has 4 aromatic rings. The molecule has 2 N–H and O–H groups in total. The third-order valence-corrected chi connectivity index (χ3v) is 5.97. The van der Waals surface area contributed by atoms with Crippen molar-refractivity contribution in [2.24, 2.45) is 0 Å². The van der Waals surface area contributed by atoms with Gasteiger partial charge in [0.15, 0.2) is 0 Å². The summed E-state index contributed by atoms with van der Waals surface area (Å²) in [4.78, 5) is 11.7. The van der Waals surface area contributed by atoms with Gasteiger partial charge in [-0.3, -0.25) is 9.89 Å². The number of amides is 1. The van der Waals surface area contributed by atoms with E-state index < -0.39 is 0 Å². The molecular formula is C23H24N6O. The molecule has 2 aromatic carbocycles. The van der Waals surface area contributed by atoms with Crippen molar-refractivity contribution in [1.82, 2.24) is 30.5 Å². The molecule has 1 aliphatic rings. The summed E-state index contributed by atoms with van der Waals surface area (Å²) in [6.45, 7) is 1.88. The average molecular weight is 400 g/mol. The van der Waals surface area contributed by atoms with Crippen LogP contribution in [0.25, 0.3) is 33.3 Å². The summed E-state index contributed by atoms with van der Waals surface area (Å²) in [5, 5.41) is 19.8. The molecule has 1 aliphatic carbocycles. The molecule has 1 amide bonds. The van der Waals surface area contributed by atoms with E-state index in [-0.39, 0.29) is 18.0 Å². The number of hydrogen-bond donors (Lipinski definition) is 2. The average Bonchev–Trinajstić information content (AvgIpc) is 3.53. The maximum absolute atomic E-state index is 11.7. The van der Waals surface area contributed by atoms with Crippen LogP contribution in [0, 0.1) is 0 Å². The van der Waals surface area contributed by atoms with Crippen LogP contribution in [0.15, 0.2) is 54.9 Å². The van der Waals surface area contributed by atoms with Crippen molar-refractivity contribution >= 4 is 16.8 Å². The predicted molar refractivity (Wildman–Crippen MR) is 116 cm³/mol. The van der Waals surface area contributed by atoms with Gasteiger partial charge in [0.25, 0.3) is 0 Å². The molecule has 0 unspecified atom stereocenters. The van der Waals surface area contributed by atoms with Gasteiger partial charge < -0.3 is 5.32 Å². The second-order valence-electron chi connectivity index (χ2n) is 7.90. The number of carbonyl (C=O) groups excluding carboxylic acids is 1. The number of fused-ring (bicyclic) bond motifs is 1. The van der Waals surface area contributed by atoms with E-state index in [1.54, 1.807) is 0 Å². The quantitative estimate of drug-likeness (QED) is 0.528. The molecule has 2 atom stereocenters. The third kappa shape index (κ3) is 3.47. The van der Waals surface area contributed by atoms with Crippen molar-refractivity contribution in [3.63, 3.8) is 0 Å². The van der Waals surface area contributed by atoms with Gasteiger partial charge in [-0.05, 0) is 42.5 Å². The molecule has 7 heteroatoms. The van der Waals surface area contributed by atoms with Gasteiger partial charge in [0, 0.05) is 23.4 Å². The number of aromatic amines is 1. The minimum Gasteiger partial charge on any atom is -0.353 e. The summed E-state index contributed by atoms with van der Waals surface area (Å²) in [6, 6.07) is 15.3. The Morgan fingerprint density at radius 2 is 1.90 bits per heavy atom. The second-order valence-corrected chi connectivity index (χ2v) is 7.90. The number of rotatable bonds is 5. The van der Waals surface area contributed by atoms with Crippen molar-refractivity contribution in [3.05, 3.63) is 54.9 Å². The number of hydrogen-bond acceptors (Lipinski definition) is 4. The standard InChI is InChI=1S/C23H24N6O/c1-2-23(30)26-19-8-9-20(12-19)29-22(14-25-28-29)16-5-3-15(4-6-16)17-7-10-21-18(11-17)13-24-27-21/h3-7,10-11,13-14,19-20H,2,8-9,12H2,1H3,(H,24,27)(H,26,30)/t19-,20+/m0/s1. The highest BCUT2D eigenvalue weighted by molar-refractivity contribution is 5.84. The molecule has 0 bridgehead atoms. The van der Waals surface area contributed by atoms with Crippen LogP contribution in [0.4, 0.5) is 0 Å². The van der Waals surface area contributed by atoms with Crippen molar-refractivity contribution in [2.45, 2.75) is 44.7 Å². The van der Waals surface area contributed by atoms with E-state index in [9.17, 15) is 4.79 Å². The number of nitrogens with zero attached hydrogens (tertiary/aromatic N) is 4. The number of nitrogens with one attached hydrogen (secondary N) is 2. The zero-order valence-electron chi connectivity index (χ0n) is 16.9. The lowest BCUT2D eigenvalue weighted by atomic mass is 10.0. The van der Waals surface area contributed by atoms with Crippen LogP contribution >= 0.6 is 0 Å². The molecule has 5 rings (SSSR count). The minimum atomic E-state index is 0.115. The van der Waals surface area contributed by atoms with E-state index in [0.29, 0.717) is 6.42 Å². The lowest BCUT2D eigenvalue weighted by molar-refractivity contribution is -0.121. The van der Waals surface area contributed by atoms with Crippen LogP contribution < -0.4 is 5.32 Å². The first-order chi connectivity index (χ1) is 14.7. The van der Waals surface area contributed by atoms with Gasteiger partial charge in [0.2, 0.25) is 5.91 Å². The lowest BCUT2D eigenvalue weighted by Gasteiger charge is -2.15. The van der Waals surface area contributed by atoms with Gasteiger partial charge in [-0.1, -0.05) is 42.5 Å². The normalized spacial score (nSPS) is 18.7. The first kappa shape index (κ1) is 18.5. The Kier molecular flexibility index (Phi) is 4.78. The van der Waals surface area contributed by atoms with Gasteiger partial charge in [0.1, 0.15) is 0 Å². The molecule has 1 fully saturated rings. The molecule has 0 saturated heterocycles. The fraction of sp³-hybridized carbons (Fsp3) is 0.304. The summed E-state index contributed by atoms with van der Waals surface area (Å²) >= 11 is 0. The topological polar surface area (TPSA) is 88.5 Å². The molecule has 0 spiro atoms. The van der Waals surface area contributed by atoms with Crippen molar-refractivity contribution < 1.29 is 4.79 Å². The fourth-order valence-corrected chi connectivity index (χ4v) is 4.32. The number of H-pyrrole nitrogens is 1. The van der Waals surface area contributed by atoms with E-state index in [1.165, 1.54) is 0 Å². The Morgan fingerprint density at radius 3 is 2.73 bits per heavy atom. The number of aromatic nitrogens is 5. The first-order valence-electron chi connectivity index (χ1n) is 10.4. The Bertz CT molecular complexity index is 1180. The SMILES string of the molecule is CCC(=O)N[C@H]1CC[C@@H](n2nncc2-c2ccc(-c3ccc4[nH]ncc4c3)cc2)C1. The van der Waals surface area contributed by atoms with Crippen LogP contribution in [0.5, 0.6) is 0 Å². The van der Waals surface area contributed by atoms with E-state index >= 15 is 0 Å². The number of carbonyl (C=O) groups is 1. The summed E-state index contributed by atoms with van der Waals surface area (Å²) in [5.74, 6) is 0.115. The van der Waals surface area contributed by atoms with E-state index in [4.69, 9.17) is 0 Å². The van der Waals surface area contributed by atoms with Gasteiger partial charge in [0.05, 0.1) is 29.6 Å². The maximum Gasteiger partial charge on any atom is 0.219 e. The molecular weight excluding hydrogens is 376 g/mol. The summed E-state index contributed by atoms with van der Waals surface area (Å²) < 4.78 is 2.02. The van der Waals surface area contributed by atoms with Crippen LogP contribution in [-0.4, -0.2) is 37.1 Å². The Labute approximate surface area is 174 Å². The molecule has 30 heavy (non-hydrogen) atoms. The van der Waals surface area contributed by atoms with E-state index in [1.807, 2.05) is 24.0 Å². The fourth-order valence-electron chi connectivity index (χ4n) is 4.32. The van der Waals surface area contributed by atoms with E-state index in [0.717, 1.165) is 52.5 Å². The Morgan fingerprint density at radius 1 is 1.10 bits per heavy atom. The van der Waals surface area contributed by atoms with Crippen LogP contribution in [0.3, 0.4) is 0 Å². The van der Waals surface area contributed by atoms with Gasteiger partial charge in [-0.15, -0.1) is 5.10 Å². The van der Waals surface area contributed by atoms with Crippen LogP contribution in [0.1, 0.15) is 38.6 Å². The van der Waals surface area contributed by atoms with E-state index in [2.05, 4.69) is 68.3 Å². The molecule has 0 radical (unpaired) electrons. The van der Waals surface area contributed by atoms with Crippen LogP contribution in [-0.2, 0) is 4.79 Å². The maximum atomic E-state index is 11.7. The predicted octanol–water partition coefficient (Wildman–Crippen LogP) is 4.11. The molecule has 7 nitrogen and oxygen atoms in total. The second kappa shape index (κ2) is 7.74. The zero-order chi connectivity index (χ0) is 20.5. The highest BCUT2D eigenvalue weighted by Crippen LogP contribution is 2.34. The zero-order valence-corrected chi connectivity index (χ0v) is 16.9. The number of benzene rings is 2. The summed E-state index contributed by atoms with van der Waals surface area (Å²) in [5.41, 5.74) is 5.46. The minimum absolute atomic E-state index is 0.115. The smallest absolute Gasteiger partial charge is 0.219 e. The molecule has 1 saturated carbocycles. The van der Waals surface area contributed by atoms with Gasteiger partial charge >= 0.3 is 0 Å². The molecule has 2 heterocycles. The highest BCUT2D eigenvalue weighted by atomic mass is 16.1. The van der Waals surface area contributed by atoms with Crippen molar-refractivity contribution in [1.29, 1.82) is 0 Å². The molecule has 2 aromatic heterocycles. The van der Waals surface area contributed by atoms with Crippen molar-refractivity contribution in [3.8, 4) is 22.4 Å².